The van der Waals surface area contributed by atoms with E-state index in [4.69, 9.17) is 21.3 Å². The zero-order valence-electron chi connectivity index (χ0n) is 18.7. The first-order valence-corrected chi connectivity index (χ1v) is 11.4. The smallest absolute Gasteiger partial charge is 0.278 e. The van der Waals surface area contributed by atoms with Gasteiger partial charge < -0.3 is 4.74 Å². The average Bonchev–Trinajstić information content (AvgIpc) is 2.81. The van der Waals surface area contributed by atoms with Crippen LogP contribution in [-0.4, -0.2) is 31.1 Å². The molecule has 8 heteroatoms. The Bertz CT molecular complexity index is 1400. The summed E-state index contributed by atoms with van der Waals surface area (Å²) in [5, 5.41) is 0.600. The Hall–Kier alpha value is -3.16. The van der Waals surface area contributed by atoms with E-state index in [1.54, 1.807) is 22.9 Å². The van der Waals surface area contributed by atoms with E-state index in [1.807, 2.05) is 45.0 Å². The highest BCUT2D eigenvalue weighted by Crippen LogP contribution is 2.36. The lowest BCUT2D eigenvalue weighted by molar-refractivity contribution is 0.00435. The van der Waals surface area contributed by atoms with Crippen LogP contribution in [0.2, 0.25) is 5.02 Å². The largest absolute Gasteiger partial charge is 0.373 e. The lowest BCUT2D eigenvalue weighted by Gasteiger charge is -2.29. The summed E-state index contributed by atoms with van der Waals surface area (Å²) in [4.78, 5) is 32.2. The Morgan fingerprint density at radius 1 is 1.03 bits per heavy atom. The molecule has 4 heterocycles. The van der Waals surface area contributed by atoms with Gasteiger partial charge in [0, 0.05) is 29.4 Å². The number of pyridine rings is 1. The number of benzene rings is 1. The van der Waals surface area contributed by atoms with Crippen molar-refractivity contribution in [1.82, 2.24) is 24.5 Å². The summed E-state index contributed by atoms with van der Waals surface area (Å²) >= 11 is 6.10. The van der Waals surface area contributed by atoms with Gasteiger partial charge in [-0.15, -0.1) is 0 Å². The SMILES string of the molecule is Cc1cc(C2CC(c3nc4nc(C)c(C)nc4n(-c4ccc(Cl)cc4)c3=O)CCO2)ccn1. The quantitative estimate of drug-likeness (QED) is 0.436. The number of hydrogen-bond acceptors (Lipinski definition) is 6. The van der Waals surface area contributed by atoms with Crippen LogP contribution in [0.25, 0.3) is 17.0 Å². The predicted molar refractivity (Wildman–Crippen MR) is 127 cm³/mol. The molecule has 1 fully saturated rings. The molecule has 1 aromatic carbocycles. The zero-order chi connectivity index (χ0) is 23.1. The molecule has 33 heavy (non-hydrogen) atoms. The van der Waals surface area contributed by atoms with Crippen molar-refractivity contribution in [3.63, 3.8) is 0 Å². The monoisotopic (exact) mass is 461 g/mol. The van der Waals surface area contributed by atoms with E-state index in [0.29, 0.717) is 47.1 Å². The summed E-state index contributed by atoms with van der Waals surface area (Å²) in [5.74, 6) is -0.0592. The molecule has 1 aliphatic heterocycles. The van der Waals surface area contributed by atoms with Crippen LogP contribution in [0.5, 0.6) is 0 Å². The first kappa shape index (κ1) is 21.7. The summed E-state index contributed by atoms with van der Waals surface area (Å²) in [5.41, 5.74) is 5.47. The minimum atomic E-state index is -0.182. The zero-order valence-corrected chi connectivity index (χ0v) is 19.5. The highest BCUT2D eigenvalue weighted by Gasteiger charge is 2.30. The van der Waals surface area contributed by atoms with Crippen LogP contribution in [0.1, 0.15) is 53.2 Å². The Balaban J connectivity index is 1.65. The normalized spacial score (nSPS) is 18.5. The molecule has 3 aromatic heterocycles. The van der Waals surface area contributed by atoms with Gasteiger partial charge in [0.05, 0.1) is 23.2 Å². The number of ether oxygens (including phenoxy) is 1. The van der Waals surface area contributed by atoms with Gasteiger partial charge in [0.25, 0.3) is 5.56 Å². The third-order valence-electron chi connectivity index (χ3n) is 6.18. The lowest BCUT2D eigenvalue weighted by Crippen LogP contribution is -2.30. The first-order chi connectivity index (χ1) is 15.9. The Morgan fingerprint density at radius 2 is 1.79 bits per heavy atom. The van der Waals surface area contributed by atoms with E-state index in [1.165, 1.54) is 0 Å². The summed E-state index contributed by atoms with van der Waals surface area (Å²) in [6, 6.07) is 11.2. The van der Waals surface area contributed by atoms with Gasteiger partial charge in [-0.05, 0) is 75.6 Å². The molecule has 1 saturated heterocycles. The van der Waals surface area contributed by atoms with Gasteiger partial charge in [0.2, 0.25) is 0 Å². The van der Waals surface area contributed by atoms with E-state index in [0.717, 1.165) is 22.6 Å². The molecule has 168 valence electrons. The maximum atomic E-state index is 13.8. The van der Waals surface area contributed by atoms with Crippen molar-refractivity contribution >= 4 is 22.9 Å². The van der Waals surface area contributed by atoms with Crippen LogP contribution in [0.3, 0.4) is 0 Å². The summed E-state index contributed by atoms with van der Waals surface area (Å²) in [6.07, 6.45) is 3.06. The topological polar surface area (TPSA) is 82.8 Å². The third-order valence-corrected chi connectivity index (χ3v) is 6.43. The molecule has 0 spiro atoms. The minimum absolute atomic E-state index is 0.0592. The minimum Gasteiger partial charge on any atom is -0.373 e. The summed E-state index contributed by atoms with van der Waals surface area (Å²) in [7, 11) is 0. The maximum absolute atomic E-state index is 13.8. The van der Waals surface area contributed by atoms with Crippen molar-refractivity contribution in [2.75, 3.05) is 6.61 Å². The first-order valence-electron chi connectivity index (χ1n) is 11.0. The van der Waals surface area contributed by atoms with E-state index in [-0.39, 0.29) is 17.6 Å². The molecule has 2 unspecified atom stereocenters. The second-order valence-corrected chi connectivity index (χ2v) is 8.90. The molecular weight excluding hydrogens is 438 g/mol. The van der Waals surface area contributed by atoms with Crippen LogP contribution in [0.4, 0.5) is 0 Å². The predicted octanol–water partition coefficient (Wildman–Crippen LogP) is 4.78. The fraction of sp³-hybridized carbons (Fsp3) is 0.320. The molecule has 0 radical (unpaired) electrons. The second-order valence-electron chi connectivity index (χ2n) is 8.47. The summed E-state index contributed by atoms with van der Waals surface area (Å²) < 4.78 is 7.66. The summed E-state index contributed by atoms with van der Waals surface area (Å²) in [6.45, 7) is 6.29. The standard InChI is InChI=1S/C25H24ClN5O2/c1-14-12-17(8-10-27-14)21-13-18(9-11-33-21)22-25(32)31(20-6-4-19(26)5-7-20)24-23(30-22)28-15(2)16(3)29-24/h4-8,10,12,18,21H,9,11,13H2,1-3H3. The Morgan fingerprint density at radius 3 is 2.55 bits per heavy atom. The molecule has 5 rings (SSSR count). The fourth-order valence-electron chi connectivity index (χ4n) is 4.32. The van der Waals surface area contributed by atoms with Gasteiger partial charge in [0.15, 0.2) is 11.3 Å². The molecule has 7 nitrogen and oxygen atoms in total. The van der Waals surface area contributed by atoms with Crippen molar-refractivity contribution in [2.45, 2.75) is 45.6 Å². The van der Waals surface area contributed by atoms with Gasteiger partial charge in [-0.3, -0.25) is 14.3 Å². The number of hydrogen-bond donors (Lipinski definition) is 0. The average molecular weight is 462 g/mol. The number of fused-ring (bicyclic) bond motifs is 1. The van der Waals surface area contributed by atoms with E-state index in [9.17, 15) is 4.79 Å². The number of rotatable bonds is 3. The molecule has 0 amide bonds. The van der Waals surface area contributed by atoms with Gasteiger partial charge in [-0.2, -0.15) is 0 Å². The highest BCUT2D eigenvalue weighted by atomic mass is 35.5. The Kier molecular flexibility index (Phi) is 5.68. The van der Waals surface area contributed by atoms with Crippen molar-refractivity contribution in [3.8, 4) is 5.69 Å². The van der Waals surface area contributed by atoms with Crippen molar-refractivity contribution < 1.29 is 4.74 Å². The molecule has 2 atom stereocenters. The molecule has 0 bridgehead atoms. The number of aryl methyl sites for hydroxylation is 3. The maximum Gasteiger partial charge on any atom is 0.278 e. The fourth-order valence-corrected chi connectivity index (χ4v) is 4.44. The van der Waals surface area contributed by atoms with E-state index in [2.05, 4.69) is 15.0 Å². The van der Waals surface area contributed by atoms with Crippen LogP contribution >= 0.6 is 11.6 Å². The Labute approximate surface area is 196 Å². The van der Waals surface area contributed by atoms with Gasteiger partial charge in [-0.1, -0.05) is 11.6 Å². The van der Waals surface area contributed by atoms with Gasteiger partial charge in [-0.25, -0.2) is 15.0 Å². The van der Waals surface area contributed by atoms with E-state index < -0.39 is 0 Å². The molecule has 0 aliphatic carbocycles. The van der Waals surface area contributed by atoms with Crippen LogP contribution < -0.4 is 5.56 Å². The number of aromatic nitrogens is 5. The lowest BCUT2D eigenvalue weighted by atomic mass is 9.89. The van der Waals surface area contributed by atoms with Crippen molar-refractivity contribution in [1.29, 1.82) is 0 Å². The highest BCUT2D eigenvalue weighted by molar-refractivity contribution is 6.30. The number of halogens is 1. The molecule has 0 saturated carbocycles. The molecule has 0 N–H and O–H groups in total. The molecule has 1 aliphatic rings. The van der Waals surface area contributed by atoms with Gasteiger partial charge in [0.1, 0.15) is 5.69 Å². The van der Waals surface area contributed by atoms with Crippen LogP contribution in [0, 0.1) is 20.8 Å². The molecule has 4 aromatic rings. The van der Waals surface area contributed by atoms with Crippen molar-refractivity contribution in [2.24, 2.45) is 0 Å². The van der Waals surface area contributed by atoms with Gasteiger partial charge >= 0.3 is 0 Å². The van der Waals surface area contributed by atoms with E-state index >= 15 is 0 Å². The van der Waals surface area contributed by atoms with Crippen LogP contribution in [-0.2, 0) is 4.74 Å². The molecular formula is C25H24ClN5O2. The third kappa shape index (κ3) is 4.14. The van der Waals surface area contributed by atoms with Crippen LogP contribution in [0.15, 0.2) is 47.4 Å². The number of nitrogens with zero attached hydrogens (tertiary/aromatic N) is 5. The van der Waals surface area contributed by atoms with Crippen molar-refractivity contribution in [3.05, 3.63) is 86.3 Å². The second kappa shape index (κ2) is 8.65.